The number of unbranched alkanes of at least 4 members (excludes halogenated alkanes) is 2. The standard InChI is InChI=1S/C22H26ClN3O5S2/c1-3-4-5-10-31-17(27)12-15-20(28)24-8-9-26(15)22(32)25-21(29)19-18(23)14-7-6-13(30-2)11-16(14)33-19/h6-7,11,15H,3-5,8-10,12H2,1-2H3,(H,24,28)(H,25,29,32). The van der Waals surface area contributed by atoms with Gasteiger partial charge in [-0.2, -0.15) is 0 Å². The third-order valence-electron chi connectivity index (χ3n) is 5.23. The molecule has 11 heteroatoms. The number of hydrogen-bond acceptors (Lipinski definition) is 7. The first-order chi connectivity index (χ1) is 15.8. The van der Waals surface area contributed by atoms with Crippen LogP contribution in [0.3, 0.4) is 0 Å². The van der Waals surface area contributed by atoms with Crippen molar-refractivity contribution in [1.29, 1.82) is 0 Å². The van der Waals surface area contributed by atoms with Crippen LogP contribution >= 0.6 is 35.2 Å². The van der Waals surface area contributed by atoms with E-state index in [1.54, 1.807) is 30.2 Å². The zero-order valence-electron chi connectivity index (χ0n) is 18.4. The quantitative estimate of drug-likeness (QED) is 0.318. The molecule has 2 amide bonds. The highest BCUT2D eigenvalue weighted by atomic mass is 35.5. The molecule has 3 rings (SSSR count). The van der Waals surface area contributed by atoms with Crippen molar-refractivity contribution in [2.24, 2.45) is 0 Å². The number of rotatable bonds is 8. The van der Waals surface area contributed by atoms with Gasteiger partial charge in [0.25, 0.3) is 5.91 Å². The van der Waals surface area contributed by atoms with E-state index in [9.17, 15) is 14.4 Å². The average molecular weight is 512 g/mol. The number of nitrogens with one attached hydrogen (secondary N) is 2. The van der Waals surface area contributed by atoms with Gasteiger partial charge in [0.15, 0.2) is 5.11 Å². The first-order valence-corrected chi connectivity index (χ1v) is 12.3. The van der Waals surface area contributed by atoms with Gasteiger partial charge in [-0.05, 0) is 36.8 Å². The molecule has 33 heavy (non-hydrogen) atoms. The van der Waals surface area contributed by atoms with Gasteiger partial charge in [-0.1, -0.05) is 31.4 Å². The fraction of sp³-hybridized carbons (Fsp3) is 0.455. The second-order valence-electron chi connectivity index (χ2n) is 7.50. The summed E-state index contributed by atoms with van der Waals surface area (Å²) < 4.78 is 11.3. The van der Waals surface area contributed by atoms with Gasteiger partial charge in [-0.25, -0.2) is 0 Å². The van der Waals surface area contributed by atoms with Crippen LogP contribution in [-0.2, 0) is 14.3 Å². The maximum atomic E-state index is 12.9. The Balaban J connectivity index is 1.68. The smallest absolute Gasteiger partial charge is 0.308 e. The van der Waals surface area contributed by atoms with E-state index in [1.807, 2.05) is 0 Å². The van der Waals surface area contributed by atoms with Crippen molar-refractivity contribution in [2.75, 3.05) is 26.8 Å². The van der Waals surface area contributed by atoms with Crippen molar-refractivity contribution in [3.63, 3.8) is 0 Å². The molecule has 1 fully saturated rings. The number of esters is 1. The van der Waals surface area contributed by atoms with E-state index in [1.165, 1.54) is 11.3 Å². The SMILES string of the molecule is CCCCCOC(=O)CC1C(=O)NCCN1C(=S)NC(=O)c1sc2cc(OC)ccc2c1Cl. The lowest BCUT2D eigenvalue weighted by molar-refractivity contribution is -0.147. The van der Waals surface area contributed by atoms with E-state index in [0.717, 1.165) is 29.3 Å². The van der Waals surface area contributed by atoms with Crippen LogP contribution < -0.4 is 15.4 Å². The number of thiocarbonyl (C=S) groups is 1. The molecule has 1 aromatic heterocycles. The summed E-state index contributed by atoms with van der Waals surface area (Å²) in [6.45, 7) is 3.08. The van der Waals surface area contributed by atoms with Gasteiger partial charge in [-0.15, -0.1) is 11.3 Å². The van der Waals surface area contributed by atoms with Crippen LogP contribution in [0.15, 0.2) is 18.2 Å². The summed E-state index contributed by atoms with van der Waals surface area (Å²) in [7, 11) is 1.56. The van der Waals surface area contributed by atoms with Crippen molar-refractivity contribution in [3.05, 3.63) is 28.1 Å². The molecule has 0 aliphatic carbocycles. The minimum Gasteiger partial charge on any atom is -0.497 e. The lowest BCUT2D eigenvalue weighted by Gasteiger charge is -2.36. The highest BCUT2D eigenvalue weighted by Gasteiger charge is 2.34. The molecule has 1 aliphatic heterocycles. The zero-order chi connectivity index (χ0) is 24.0. The molecule has 178 valence electrons. The highest BCUT2D eigenvalue weighted by Crippen LogP contribution is 2.37. The van der Waals surface area contributed by atoms with Crippen LogP contribution in [0.4, 0.5) is 0 Å². The summed E-state index contributed by atoms with van der Waals surface area (Å²) in [4.78, 5) is 39.5. The maximum absolute atomic E-state index is 12.9. The average Bonchev–Trinajstić information content (AvgIpc) is 3.13. The van der Waals surface area contributed by atoms with Gasteiger partial charge in [0.2, 0.25) is 5.91 Å². The lowest BCUT2D eigenvalue weighted by atomic mass is 10.1. The Morgan fingerprint density at radius 3 is 2.88 bits per heavy atom. The summed E-state index contributed by atoms with van der Waals surface area (Å²) in [6.07, 6.45) is 2.60. The van der Waals surface area contributed by atoms with E-state index < -0.39 is 17.9 Å². The van der Waals surface area contributed by atoms with E-state index in [-0.39, 0.29) is 17.4 Å². The van der Waals surface area contributed by atoms with E-state index in [4.69, 9.17) is 33.3 Å². The number of fused-ring (bicyclic) bond motifs is 1. The van der Waals surface area contributed by atoms with Gasteiger partial charge in [0.1, 0.15) is 16.7 Å². The first kappa shape index (κ1) is 25.2. The largest absolute Gasteiger partial charge is 0.497 e. The summed E-state index contributed by atoms with van der Waals surface area (Å²) >= 11 is 13.1. The fourth-order valence-electron chi connectivity index (χ4n) is 3.46. The minimum atomic E-state index is -0.854. The molecular weight excluding hydrogens is 486 g/mol. The van der Waals surface area contributed by atoms with Crippen LogP contribution in [-0.4, -0.2) is 60.6 Å². The molecule has 1 aromatic carbocycles. The number of benzene rings is 1. The topological polar surface area (TPSA) is 97.0 Å². The highest BCUT2D eigenvalue weighted by molar-refractivity contribution is 7.80. The lowest BCUT2D eigenvalue weighted by Crippen LogP contribution is -2.60. The fourth-order valence-corrected chi connectivity index (χ4v) is 5.21. The Morgan fingerprint density at radius 1 is 1.36 bits per heavy atom. The molecule has 2 heterocycles. The Labute approximate surface area is 206 Å². The van der Waals surface area contributed by atoms with Gasteiger partial charge in [0.05, 0.1) is 25.2 Å². The molecule has 1 unspecified atom stereocenters. The molecule has 0 radical (unpaired) electrons. The number of carbonyl (C=O) groups excluding carboxylic acids is 3. The predicted octanol–water partition coefficient (Wildman–Crippen LogP) is 3.50. The monoisotopic (exact) mass is 511 g/mol. The summed E-state index contributed by atoms with van der Waals surface area (Å²) in [5.74, 6) is -0.632. The molecule has 1 aliphatic rings. The second kappa shape index (κ2) is 11.6. The number of methoxy groups -OCH3 is 1. The normalized spacial score (nSPS) is 15.8. The number of amides is 2. The molecule has 1 atom stereocenters. The van der Waals surface area contributed by atoms with Crippen molar-refractivity contribution in [1.82, 2.24) is 15.5 Å². The molecule has 0 bridgehead atoms. The molecule has 0 spiro atoms. The maximum Gasteiger partial charge on any atom is 0.308 e. The number of carbonyl (C=O) groups is 3. The van der Waals surface area contributed by atoms with Gasteiger partial charge in [0, 0.05) is 23.2 Å². The van der Waals surface area contributed by atoms with Crippen molar-refractivity contribution < 1.29 is 23.9 Å². The van der Waals surface area contributed by atoms with E-state index in [0.29, 0.717) is 35.3 Å². The van der Waals surface area contributed by atoms with Crippen LogP contribution in [0.2, 0.25) is 5.02 Å². The van der Waals surface area contributed by atoms with Gasteiger partial charge < -0.3 is 19.7 Å². The van der Waals surface area contributed by atoms with Crippen molar-refractivity contribution >= 4 is 68.1 Å². The van der Waals surface area contributed by atoms with E-state index >= 15 is 0 Å². The zero-order valence-corrected chi connectivity index (χ0v) is 20.8. The number of halogens is 1. The van der Waals surface area contributed by atoms with Crippen molar-refractivity contribution in [3.8, 4) is 5.75 Å². The summed E-state index contributed by atoms with van der Waals surface area (Å²) in [6, 6.07) is 4.51. The molecular formula is C22H26ClN3O5S2. The van der Waals surface area contributed by atoms with Crippen LogP contribution in [0, 0.1) is 0 Å². The van der Waals surface area contributed by atoms with Gasteiger partial charge >= 0.3 is 5.97 Å². The Kier molecular flexibility index (Phi) is 8.87. The Morgan fingerprint density at radius 2 is 2.15 bits per heavy atom. The summed E-state index contributed by atoms with van der Waals surface area (Å²) in [5.41, 5.74) is 0. The van der Waals surface area contributed by atoms with Crippen LogP contribution in [0.25, 0.3) is 10.1 Å². The third kappa shape index (κ3) is 6.13. The molecule has 1 saturated heterocycles. The Hall–Kier alpha value is -2.43. The Bertz CT molecular complexity index is 1060. The molecule has 8 nitrogen and oxygen atoms in total. The van der Waals surface area contributed by atoms with Crippen molar-refractivity contribution in [2.45, 2.75) is 38.6 Å². The third-order valence-corrected chi connectivity index (χ3v) is 7.22. The predicted molar refractivity (Wildman–Crippen MR) is 132 cm³/mol. The van der Waals surface area contributed by atoms with E-state index in [2.05, 4.69) is 17.6 Å². The molecule has 2 N–H and O–H groups in total. The molecule has 2 aromatic rings. The molecule has 0 saturated carbocycles. The number of ether oxygens (including phenoxy) is 2. The number of piperazine rings is 1. The number of hydrogen-bond donors (Lipinski definition) is 2. The minimum absolute atomic E-state index is 0.0599. The van der Waals surface area contributed by atoms with Crippen LogP contribution in [0.1, 0.15) is 42.3 Å². The van der Waals surface area contributed by atoms with Crippen LogP contribution in [0.5, 0.6) is 5.75 Å². The number of nitrogens with zero attached hydrogens (tertiary/aromatic N) is 1. The van der Waals surface area contributed by atoms with Gasteiger partial charge in [-0.3, -0.25) is 19.7 Å². The number of thiophene rings is 1. The summed E-state index contributed by atoms with van der Waals surface area (Å²) in [5, 5.41) is 6.51. The first-order valence-electron chi connectivity index (χ1n) is 10.7. The second-order valence-corrected chi connectivity index (χ2v) is 9.32.